The van der Waals surface area contributed by atoms with Gasteiger partial charge in [0.25, 0.3) is 5.91 Å². The van der Waals surface area contributed by atoms with Gasteiger partial charge in [-0.15, -0.1) is 0 Å². The molecule has 5 heteroatoms. The van der Waals surface area contributed by atoms with Crippen LogP contribution in [-0.4, -0.2) is 25.2 Å². The van der Waals surface area contributed by atoms with Gasteiger partial charge in [-0.1, -0.05) is 17.7 Å². The van der Waals surface area contributed by atoms with Gasteiger partial charge in [0, 0.05) is 29.4 Å². The van der Waals surface area contributed by atoms with Gasteiger partial charge in [0.2, 0.25) is 0 Å². The van der Waals surface area contributed by atoms with Crippen molar-refractivity contribution in [1.82, 2.24) is 5.43 Å². The number of nitrogens with one attached hydrogen (secondary N) is 1. The number of hydrogen-bond acceptors (Lipinski definition) is 3. The summed E-state index contributed by atoms with van der Waals surface area (Å²) in [7, 11) is 0. The number of hydrazone groups is 1. The number of amides is 1. The first kappa shape index (κ1) is 16.5. The fourth-order valence-electron chi connectivity index (χ4n) is 2.80. The van der Waals surface area contributed by atoms with Gasteiger partial charge in [0.1, 0.15) is 0 Å². The zero-order valence-corrected chi connectivity index (χ0v) is 14.4. The highest BCUT2D eigenvalue weighted by molar-refractivity contribution is 6.30. The van der Waals surface area contributed by atoms with Crippen molar-refractivity contribution in [1.29, 1.82) is 0 Å². The lowest BCUT2D eigenvalue weighted by Crippen LogP contribution is -2.18. The molecule has 3 rings (SSSR count). The molecular weight excluding hydrogens is 322 g/mol. The number of halogens is 1. The Morgan fingerprint density at radius 2 is 1.88 bits per heavy atom. The van der Waals surface area contributed by atoms with Crippen molar-refractivity contribution in [2.45, 2.75) is 19.8 Å². The minimum Gasteiger partial charge on any atom is -0.372 e. The molecule has 1 aliphatic heterocycles. The molecule has 0 spiro atoms. The monoisotopic (exact) mass is 341 g/mol. The zero-order chi connectivity index (χ0) is 16.9. The molecular formula is C19H20ClN3O. The van der Waals surface area contributed by atoms with Gasteiger partial charge in [-0.05, 0) is 67.3 Å². The molecule has 0 atom stereocenters. The molecule has 0 aliphatic carbocycles. The molecule has 124 valence electrons. The lowest BCUT2D eigenvalue weighted by atomic mass is 10.1. The molecule has 2 aromatic rings. The minimum atomic E-state index is -0.255. The maximum atomic E-state index is 12.0. The predicted octanol–water partition coefficient (Wildman–Crippen LogP) is 4.01. The molecule has 0 radical (unpaired) electrons. The first-order valence-corrected chi connectivity index (χ1v) is 8.46. The number of carbonyl (C=O) groups is 1. The van der Waals surface area contributed by atoms with E-state index in [0.717, 1.165) is 24.2 Å². The normalized spacial score (nSPS) is 14.3. The summed E-state index contributed by atoms with van der Waals surface area (Å²) in [6, 6.07) is 13.0. The average molecular weight is 342 g/mol. The Morgan fingerprint density at radius 1 is 1.17 bits per heavy atom. The van der Waals surface area contributed by atoms with E-state index in [9.17, 15) is 4.79 Å². The van der Waals surface area contributed by atoms with Crippen LogP contribution in [0, 0.1) is 6.92 Å². The van der Waals surface area contributed by atoms with Gasteiger partial charge in [-0.2, -0.15) is 5.10 Å². The highest BCUT2D eigenvalue weighted by atomic mass is 35.5. The van der Waals surface area contributed by atoms with Gasteiger partial charge in [0.05, 0.1) is 6.21 Å². The Hall–Kier alpha value is -2.33. The fraction of sp³-hybridized carbons (Fsp3) is 0.263. The Morgan fingerprint density at radius 3 is 2.54 bits per heavy atom. The smallest absolute Gasteiger partial charge is 0.271 e. The van der Waals surface area contributed by atoms with E-state index in [-0.39, 0.29) is 5.91 Å². The third kappa shape index (κ3) is 3.95. The average Bonchev–Trinajstić information content (AvgIpc) is 3.11. The largest absolute Gasteiger partial charge is 0.372 e. The number of nitrogens with zero attached hydrogens (tertiary/aromatic N) is 2. The number of benzene rings is 2. The molecule has 1 fully saturated rings. The van der Waals surface area contributed by atoms with Crippen LogP contribution in [0.15, 0.2) is 47.6 Å². The summed E-state index contributed by atoms with van der Waals surface area (Å²) in [4.78, 5) is 14.4. The van der Waals surface area contributed by atoms with Gasteiger partial charge in [-0.25, -0.2) is 5.43 Å². The van der Waals surface area contributed by atoms with Crippen molar-refractivity contribution < 1.29 is 4.79 Å². The lowest BCUT2D eigenvalue weighted by molar-refractivity contribution is 0.0955. The van der Waals surface area contributed by atoms with E-state index in [2.05, 4.69) is 34.5 Å². The second-order valence-corrected chi connectivity index (χ2v) is 6.38. The van der Waals surface area contributed by atoms with Crippen LogP contribution in [0.4, 0.5) is 5.69 Å². The minimum absolute atomic E-state index is 0.255. The number of rotatable bonds is 4. The van der Waals surface area contributed by atoms with E-state index in [0.29, 0.717) is 10.6 Å². The van der Waals surface area contributed by atoms with Gasteiger partial charge in [-0.3, -0.25) is 4.79 Å². The molecule has 0 aromatic heterocycles. The quantitative estimate of drug-likeness (QED) is 0.674. The van der Waals surface area contributed by atoms with Crippen molar-refractivity contribution >= 4 is 29.4 Å². The number of anilines is 1. The molecule has 1 N–H and O–H groups in total. The fourth-order valence-corrected chi connectivity index (χ4v) is 2.93. The van der Waals surface area contributed by atoms with E-state index in [1.165, 1.54) is 18.5 Å². The molecule has 4 nitrogen and oxygen atoms in total. The highest BCUT2D eigenvalue weighted by Gasteiger charge is 2.12. The third-order valence-electron chi connectivity index (χ3n) is 4.20. The number of aryl methyl sites for hydroxylation is 1. The van der Waals surface area contributed by atoms with Crippen LogP contribution in [-0.2, 0) is 0 Å². The standard InChI is InChI=1S/C19H20ClN3O/c1-14-12-18(23-10-2-3-11-23)9-6-16(14)13-21-22-19(24)15-4-7-17(20)8-5-15/h4-9,12-13H,2-3,10-11H2,1H3,(H,22,24)/b21-13-. The second-order valence-electron chi connectivity index (χ2n) is 5.94. The van der Waals surface area contributed by atoms with E-state index in [4.69, 9.17) is 11.6 Å². The maximum absolute atomic E-state index is 12.0. The zero-order valence-electron chi connectivity index (χ0n) is 13.6. The van der Waals surface area contributed by atoms with Crippen LogP contribution in [0.25, 0.3) is 0 Å². The van der Waals surface area contributed by atoms with Crippen molar-refractivity contribution in [3.63, 3.8) is 0 Å². The van der Waals surface area contributed by atoms with Gasteiger partial charge >= 0.3 is 0 Å². The van der Waals surface area contributed by atoms with Crippen molar-refractivity contribution in [2.75, 3.05) is 18.0 Å². The molecule has 0 unspecified atom stereocenters. The van der Waals surface area contributed by atoms with Crippen LogP contribution in [0.1, 0.15) is 34.3 Å². The molecule has 1 aliphatic rings. The Balaban J connectivity index is 1.63. The van der Waals surface area contributed by atoms with Crippen LogP contribution >= 0.6 is 11.6 Å². The number of carbonyl (C=O) groups excluding carboxylic acids is 1. The topological polar surface area (TPSA) is 44.7 Å². The summed E-state index contributed by atoms with van der Waals surface area (Å²) >= 11 is 5.81. The van der Waals surface area contributed by atoms with Crippen molar-refractivity contribution in [3.05, 3.63) is 64.2 Å². The van der Waals surface area contributed by atoms with Crippen LogP contribution in [0.3, 0.4) is 0 Å². The van der Waals surface area contributed by atoms with Gasteiger partial charge in [0.15, 0.2) is 0 Å². The van der Waals surface area contributed by atoms with Crippen molar-refractivity contribution in [3.8, 4) is 0 Å². The van der Waals surface area contributed by atoms with Gasteiger partial charge < -0.3 is 4.90 Å². The van der Waals surface area contributed by atoms with E-state index < -0.39 is 0 Å². The second kappa shape index (κ2) is 7.49. The van der Waals surface area contributed by atoms with Crippen LogP contribution in [0.2, 0.25) is 5.02 Å². The summed E-state index contributed by atoms with van der Waals surface area (Å²) in [6.45, 7) is 4.32. The summed E-state index contributed by atoms with van der Waals surface area (Å²) in [5.41, 5.74) is 6.46. The summed E-state index contributed by atoms with van der Waals surface area (Å²) in [5.74, 6) is -0.255. The summed E-state index contributed by atoms with van der Waals surface area (Å²) in [5, 5.41) is 4.66. The first-order chi connectivity index (χ1) is 11.6. The number of hydrogen-bond donors (Lipinski definition) is 1. The Labute approximate surface area is 147 Å². The maximum Gasteiger partial charge on any atom is 0.271 e. The summed E-state index contributed by atoms with van der Waals surface area (Å²) in [6.07, 6.45) is 4.20. The molecule has 24 heavy (non-hydrogen) atoms. The molecule has 1 heterocycles. The molecule has 2 aromatic carbocycles. The third-order valence-corrected chi connectivity index (χ3v) is 4.45. The molecule has 1 saturated heterocycles. The molecule has 0 saturated carbocycles. The van der Waals surface area contributed by atoms with E-state index >= 15 is 0 Å². The summed E-state index contributed by atoms with van der Waals surface area (Å²) < 4.78 is 0. The van der Waals surface area contributed by atoms with Crippen LogP contribution in [0.5, 0.6) is 0 Å². The molecule has 0 bridgehead atoms. The van der Waals surface area contributed by atoms with Crippen LogP contribution < -0.4 is 10.3 Å². The SMILES string of the molecule is Cc1cc(N2CCCC2)ccc1/C=N\NC(=O)c1ccc(Cl)cc1. The molecule has 1 amide bonds. The Kier molecular flexibility index (Phi) is 5.16. The predicted molar refractivity (Wildman–Crippen MR) is 99.1 cm³/mol. The van der Waals surface area contributed by atoms with E-state index in [1.807, 2.05) is 6.07 Å². The first-order valence-electron chi connectivity index (χ1n) is 8.08. The Bertz CT molecular complexity index is 750. The van der Waals surface area contributed by atoms with E-state index in [1.54, 1.807) is 30.5 Å². The highest BCUT2D eigenvalue weighted by Crippen LogP contribution is 2.22. The lowest BCUT2D eigenvalue weighted by Gasteiger charge is -2.18. The van der Waals surface area contributed by atoms with Crippen molar-refractivity contribution in [2.24, 2.45) is 5.10 Å².